The molecule has 4 nitrogen and oxygen atoms in total. The van der Waals surface area contributed by atoms with Gasteiger partial charge in [-0.05, 0) is 25.8 Å². The summed E-state index contributed by atoms with van der Waals surface area (Å²) >= 11 is 0. The molecule has 4 heteroatoms. The van der Waals surface area contributed by atoms with Crippen LogP contribution in [0.15, 0.2) is 0 Å². The number of rotatable bonds is 7. The molecule has 2 unspecified atom stereocenters. The summed E-state index contributed by atoms with van der Waals surface area (Å²) in [6.45, 7) is 8.25. The molecule has 2 atom stereocenters. The van der Waals surface area contributed by atoms with E-state index in [4.69, 9.17) is 4.74 Å². The third kappa shape index (κ3) is 5.49. The lowest BCUT2D eigenvalue weighted by atomic mass is 9.97. The third-order valence-electron chi connectivity index (χ3n) is 3.81. The molecule has 1 aliphatic rings. The first-order valence-corrected chi connectivity index (χ1v) is 7.66. The van der Waals surface area contributed by atoms with Crippen LogP contribution in [0.2, 0.25) is 0 Å². The zero-order valence-corrected chi connectivity index (χ0v) is 12.9. The minimum absolute atomic E-state index is 0.144. The molecule has 0 aromatic rings. The number of carbonyl (C=O) groups excluding carboxylic acids is 1. The fourth-order valence-electron chi connectivity index (χ4n) is 2.93. The van der Waals surface area contributed by atoms with Gasteiger partial charge in [-0.1, -0.05) is 33.6 Å². The smallest absolute Gasteiger partial charge is 0.324 e. The Morgan fingerprint density at radius 3 is 2.74 bits per heavy atom. The highest BCUT2D eigenvalue weighted by molar-refractivity contribution is 5.76. The SMILES string of the molecule is CCCC1CCCCN1CC(NC(C)C)C(=O)OC. The largest absolute Gasteiger partial charge is 0.468 e. The van der Waals surface area contributed by atoms with Crippen molar-refractivity contribution < 1.29 is 9.53 Å². The van der Waals surface area contributed by atoms with Crippen molar-refractivity contribution in [2.45, 2.75) is 71.0 Å². The van der Waals surface area contributed by atoms with Crippen LogP contribution in [0.1, 0.15) is 52.9 Å². The molecule has 1 aliphatic heterocycles. The van der Waals surface area contributed by atoms with Crippen molar-refractivity contribution in [3.8, 4) is 0 Å². The van der Waals surface area contributed by atoms with E-state index in [1.165, 1.54) is 39.2 Å². The van der Waals surface area contributed by atoms with E-state index in [0.29, 0.717) is 12.1 Å². The summed E-state index contributed by atoms with van der Waals surface area (Å²) in [5.74, 6) is -0.144. The molecule has 0 saturated carbocycles. The lowest BCUT2D eigenvalue weighted by molar-refractivity contribution is -0.144. The topological polar surface area (TPSA) is 41.6 Å². The van der Waals surface area contributed by atoms with Crippen LogP contribution >= 0.6 is 0 Å². The Balaban J connectivity index is 2.61. The lowest BCUT2D eigenvalue weighted by Crippen LogP contribution is -2.52. The molecule has 1 N–H and O–H groups in total. The van der Waals surface area contributed by atoms with Gasteiger partial charge in [0.1, 0.15) is 6.04 Å². The van der Waals surface area contributed by atoms with Gasteiger partial charge >= 0.3 is 5.97 Å². The average molecular weight is 270 g/mol. The summed E-state index contributed by atoms with van der Waals surface area (Å²) in [5, 5.41) is 3.32. The Morgan fingerprint density at radius 1 is 1.42 bits per heavy atom. The van der Waals surface area contributed by atoms with Crippen LogP contribution in [0.4, 0.5) is 0 Å². The molecular formula is C15H30N2O2. The number of esters is 1. The maximum atomic E-state index is 11.9. The summed E-state index contributed by atoms with van der Waals surface area (Å²) in [6, 6.07) is 0.723. The first-order chi connectivity index (χ1) is 9.08. The number of carbonyl (C=O) groups is 1. The predicted octanol–water partition coefficient (Wildman–Crippen LogP) is 2.18. The van der Waals surface area contributed by atoms with E-state index in [1.807, 2.05) is 0 Å². The third-order valence-corrected chi connectivity index (χ3v) is 3.81. The van der Waals surface area contributed by atoms with E-state index in [1.54, 1.807) is 0 Å². The number of hydrogen-bond acceptors (Lipinski definition) is 4. The monoisotopic (exact) mass is 270 g/mol. The van der Waals surface area contributed by atoms with E-state index in [-0.39, 0.29) is 12.0 Å². The summed E-state index contributed by atoms with van der Waals surface area (Å²) in [6.07, 6.45) is 6.28. The molecule has 112 valence electrons. The minimum atomic E-state index is -0.206. The van der Waals surface area contributed by atoms with Crippen LogP contribution in [0.25, 0.3) is 0 Å². The fourth-order valence-corrected chi connectivity index (χ4v) is 2.93. The number of nitrogens with zero attached hydrogens (tertiary/aromatic N) is 1. The van der Waals surface area contributed by atoms with Crippen molar-refractivity contribution in [3.63, 3.8) is 0 Å². The zero-order chi connectivity index (χ0) is 14.3. The van der Waals surface area contributed by atoms with Gasteiger partial charge in [0.2, 0.25) is 0 Å². The van der Waals surface area contributed by atoms with Gasteiger partial charge in [0.15, 0.2) is 0 Å². The van der Waals surface area contributed by atoms with Crippen LogP contribution in [-0.4, -0.2) is 49.2 Å². The number of nitrogens with one attached hydrogen (secondary N) is 1. The number of piperidine rings is 1. The molecule has 0 radical (unpaired) electrons. The summed E-state index contributed by atoms with van der Waals surface area (Å²) in [7, 11) is 1.47. The Labute approximate surface area is 117 Å². The molecule has 1 rings (SSSR count). The number of ether oxygens (including phenoxy) is 1. The molecular weight excluding hydrogens is 240 g/mol. The van der Waals surface area contributed by atoms with Gasteiger partial charge < -0.3 is 10.1 Å². The molecule has 0 spiro atoms. The Morgan fingerprint density at radius 2 is 2.16 bits per heavy atom. The highest BCUT2D eigenvalue weighted by Crippen LogP contribution is 2.21. The van der Waals surface area contributed by atoms with E-state index in [0.717, 1.165) is 13.1 Å². The van der Waals surface area contributed by atoms with Crippen molar-refractivity contribution in [2.24, 2.45) is 0 Å². The van der Waals surface area contributed by atoms with Crippen molar-refractivity contribution in [2.75, 3.05) is 20.2 Å². The van der Waals surface area contributed by atoms with E-state index < -0.39 is 0 Å². The summed E-state index contributed by atoms with van der Waals surface area (Å²) in [4.78, 5) is 14.4. The van der Waals surface area contributed by atoms with Gasteiger partial charge in [0, 0.05) is 18.6 Å². The van der Waals surface area contributed by atoms with Crippen LogP contribution in [0, 0.1) is 0 Å². The standard InChI is InChI=1S/C15H30N2O2/c1-5-8-13-9-6-7-10-17(13)11-14(15(18)19-4)16-12(2)3/h12-14,16H,5-11H2,1-4H3. The van der Waals surface area contributed by atoms with Gasteiger partial charge in [-0.25, -0.2) is 0 Å². The van der Waals surface area contributed by atoms with Crippen molar-refractivity contribution >= 4 is 5.97 Å². The summed E-state index contributed by atoms with van der Waals surface area (Å²) in [5.41, 5.74) is 0. The van der Waals surface area contributed by atoms with E-state index in [2.05, 4.69) is 31.0 Å². The van der Waals surface area contributed by atoms with Gasteiger partial charge in [-0.15, -0.1) is 0 Å². The highest BCUT2D eigenvalue weighted by atomic mass is 16.5. The first kappa shape index (κ1) is 16.4. The summed E-state index contributed by atoms with van der Waals surface area (Å²) < 4.78 is 4.92. The second-order valence-corrected chi connectivity index (χ2v) is 5.83. The average Bonchev–Trinajstić information content (AvgIpc) is 2.39. The quantitative estimate of drug-likeness (QED) is 0.720. The van der Waals surface area contributed by atoms with E-state index >= 15 is 0 Å². The molecule has 0 aromatic heterocycles. The zero-order valence-electron chi connectivity index (χ0n) is 12.9. The second kappa shape index (κ2) is 8.54. The molecule has 0 aromatic carbocycles. The molecule has 1 fully saturated rings. The van der Waals surface area contributed by atoms with Gasteiger partial charge in [0.25, 0.3) is 0 Å². The first-order valence-electron chi connectivity index (χ1n) is 7.66. The molecule has 0 amide bonds. The Hall–Kier alpha value is -0.610. The Kier molecular flexibility index (Phi) is 7.39. The molecule has 19 heavy (non-hydrogen) atoms. The van der Waals surface area contributed by atoms with Crippen LogP contribution in [-0.2, 0) is 9.53 Å². The molecule has 0 bridgehead atoms. The van der Waals surface area contributed by atoms with E-state index in [9.17, 15) is 4.79 Å². The number of likely N-dealkylation sites (tertiary alicyclic amines) is 1. The van der Waals surface area contributed by atoms with Gasteiger partial charge in [0.05, 0.1) is 7.11 Å². The number of hydrogen-bond donors (Lipinski definition) is 1. The van der Waals surface area contributed by atoms with Crippen LogP contribution in [0.5, 0.6) is 0 Å². The van der Waals surface area contributed by atoms with Crippen LogP contribution in [0.3, 0.4) is 0 Å². The molecule has 1 heterocycles. The second-order valence-electron chi connectivity index (χ2n) is 5.83. The molecule has 0 aliphatic carbocycles. The maximum Gasteiger partial charge on any atom is 0.324 e. The number of methoxy groups -OCH3 is 1. The van der Waals surface area contributed by atoms with Crippen molar-refractivity contribution in [1.82, 2.24) is 10.2 Å². The van der Waals surface area contributed by atoms with Gasteiger partial charge in [-0.3, -0.25) is 9.69 Å². The minimum Gasteiger partial charge on any atom is -0.468 e. The Bertz CT molecular complexity index is 267. The lowest BCUT2D eigenvalue weighted by Gasteiger charge is -2.37. The predicted molar refractivity (Wildman–Crippen MR) is 78.2 cm³/mol. The fraction of sp³-hybridized carbons (Fsp3) is 0.933. The normalized spacial score (nSPS) is 22.5. The molecule has 1 saturated heterocycles. The van der Waals surface area contributed by atoms with Gasteiger partial charge in [-0.2, -0.15) is 0 Å². The van der Waals surface area contributed by atoms with Crippen LogP contribution < -0.4 is 5.32 Å². The maximum absolute atomic E-state index is 11.9. The highest BCUT2D eigenvalue weighted by Gasteiger charge is 2.28. The van der Waals surface area contributed by atoms with Crippen molar-refractivity contribution in [3.05, 3.63) is 0 Å². The van der Waals surface area contributed by atoms with Crippen molar-refractivity contribution in [1.29, 1.82) is 0 Å².